The van der Waals surface area contributed by atoms with Crippen LogP contribution in [0.15, 0.2) is 60.0 Å². The molecule has 2 aromatic carbocycles. The average molecular weight is 494 g/mol. The molecule has 9 nitrogen and oxygen atoms in total. The van der Waals surface area contributed by atoms with E-state index in [4.69, 9.17) is 9.47 Å². The van der Waals surface area contributed by atoms with E-state index in [0.717, 1.165) is 22.6 Å². The van der Waals surface area contributed by atoms with Crippen LogP contribution in [-0.4, -0.2) is 45.4 Å². The first-order valence-electron chi connectivity index (χ1n) is 11.0. The number of fused-ring (bicyclic) bond motifs is 1. The van der Waals surface area contributed by atoms with Crippen molar-refractivity contribution in [2.45, 2.75) is 38.8 Å². The third-order valence-corrected chi connectivity index (χ3v) is 5.79. The summed E-state index contributed by atoms with van der Waals surface area (Å²) in [6.45, 7) is 5.29. The molecule has 10 heteroatoms. The maximum absolute atomic E-state index is 13.2. The molecule has 4 rings (SSSR count). The Hall–Kier alpha value is -3.92. The molecule has 1 unspecified atom stereocenters. The highest BCUT2D eigenvalue weighted by Gasteiger charge is 2.26. The van der Waals surface area contributed by atoms with Gasteiger partial charge >= 0.3 is 6.09 Å². The van der Waals surface area contributed by atoms with Crippen LogP contribution < -0.4 is 15.4 Å². The molecule has 2 amide bonds. The number of rotatable bonds is 7. The fraction of sp³-hybridized carbons (Fsp3) is 0.280. The van der Waals surface area contributed by atoms with Crippen LogP contribution in [0.3, 0.4) is 0 Å². The van der Waals surface area contributed by atoms with Crippen molar-refractivity contribution < 1.29 is 19.1 Å². The minimum absolute atomic E-state index is 0.148. The van der Waals surface area contributed by atoms with Crippen LogP contribution in [0.25, 0.3) is 16.2 Å². The zero-order chi connectivity index (χ0) is 25.0. The van der Waals surface area contributed by atoms with Gasteiger partial charge in [-0.2, -0.15) is 4.98 Å². The van der Waals surface area contributed by atoms with E-state index in [0.29, 0.717) is 4.96 Å². The van der Waals surface area contributed by atoms with Gasteiger partial charge in [0, 0.05) is 17.4 Å². The summed E-state index contributed by atoms with van der Waals surface area (Å²) in [6.07, 6.45) is -0.393. The Morgan fingerprint density at radius 3 is 2.60 bits per heavy atom. The number of amides is 2. The van der Waals surface area contributed by atoms with Crippen LogP contribution in [-0.2, 0) is 16.0 Å². The first-order chi connectivity index (χ1) is 16.7. The molecule has 0 radical (unpaired) electrons. The van der Waals surface area contributed by atoms with E-state index < -0.39 is 23.6 Å². The van der Waals surface area contributed by atoms with Crippen molar-refractivity contribution in [3.63, 3.8) is 0 Å². The van der Waals surface area contributed by atoms with Crippen LogP contribution in [0, 0.1) is 0 Å². The van der Waals surface area contributed by atoms with Crippen LogP contribution in [0.1, 0.15) is 26.3 Å². The van der Waals surface area contributed by atoms with Crippen molar-refractivity contribution in [3.05, 3.63) is 65.5 Å². The number of carbonyl (C=O) groups is 2. The molecule has 0 aliphatic heterocycles. The van der Waals surface area contributed by atoms with Gasteiger partial charge in [0.2, 0.25) is 10.9 Å². The highest BCUT2D eigenvalue weighted by atomic mass is 32.1. The van der Waals surface area contributed by atoms with E-state index in [2.05, 4.69) is 20.7 Å². The molecule has 2 heterocycles. The highest BCUT2D eigenvalue weighted by Crippen LogP contribution is 2.28. The minimum Gasteiger partial charge on any atom is -0.497 e. The van der Waals surface area contributed by atoms with Gasteiger partial charge in [-0.15, -0.1) is 16.4 Å². The Kier molecular flexibility index (Phi) is 7.02. The Bertz CT molecular complexity index is 1330. The van der Waals surface area contributed by atoms with Crippen LogP contribution in [0.5, 0.6) is 5.75 Å². The number of hydrogen-bond acceptors (Lipinski definition) is 7. The van der Waals surface area contributed by atoms with Crippen LogP contribution >= 0.6 is 11.3 Å². The van der Waals surface area contributed by atoms with Crippen molar-refractivity contribution in [3.8, 4) is 17.0 Å². The van der Waals surface area contributed by atoms with Gasteiger partial charge < -0.3 is 14.8 Å². The topological polar surface area (TPSA) is 107 Å². The summed E-state index contributed by atoms with van der Waals surface area (Å²) in [7, 11) is 1.61. The second-order valence-electron chi connectivity index (χ2n) is 8.86. The second-order valence-corrected chi connectivity index (χ2v) is 9.70. The summed E-state index contributed by atoms with van der Waals surface area (Å²) in [5.41, 5.74) is 1.93. The molecule has 2 aromatic heterocycles. The molecule has 2 N–H and O–H groups in total. The fourth-order valence-corrected chi connectivity index (χ4v) is 4.25. The average Bonchev–Trinajstić information content (AvgIpc) is 3.38. The van der Waals surface area contributed by atoms with Crippen molar-refractivity contribution in [1.82, 2.24) is 19.9 Å². The highest BCUT2D eigenvalue weighted by molar-refractivity contribution is 7.15. The van der Waals surface area contributed by atoms with Crippen LogP contribution in [0.4, 0.5) is 10.7 Å². The predicted molar refractivity (Wildman–Crippen MR) is 135 cm³/mol. The van der Waals surface area contributed by atoms with E-state index >= 15 is 0 Å². The van der Waals surface area contributed by atoms with E-state index in [-0.39, 0.29) is 12.4 Å². The van der Waals surface area contributed by atoms with E-state index in [1.165, 1.54) is 11.3 Å². The zero-order valence-corrected chi connectivity index (χ0v) is 20.8. The lowest BCUT2D eigenvalue weighted by atomic mass is 10.1. The zero-order valence-electron chi connectivity index (χ0n) is 19.9. The largest absolute Gasteiger partial charge is 0.497 e. The van der Waals surface area contributed by atoms with Crippen molar-refractivity contribution in [2.24, 2.45) is 0 Å². The lowest BCUT2D eigenvalue weighted by Gasteiger charge is -2.23. The van der Waals surface area contributed by atoms with Gasteiger partial charge in [-0.1, -0.05) is 42.5 Å². The maximum Gasteiger partial charge on any atom is 0.408 e. The van der Waals surface area contributed by atoms with Crippen molar-refractivity contribution in [1.29, 1.82) is 0 Å². The molecular formula is C25H27N5O4S. The summed E-state index contributed by atoms with van der Waals surface area (Å²) < 4.78 is 12.3. The van der Waals surface area contributed by atoms with Gasteiger partial charge in [0.25, 0.3) is 5.95 Å². The number of methoxy groups -OCH3 is 1. The Labute approximate surface area is 207 Å². The molecule has 0 saturated heterocycles. The number of benzene rings is 2. The SMILES string of the molecule is COc1cccc(-c2csc3nc(NC(=O)C(Cc4ccccc4)NC(=O)OC(C)(C)C)nn23)c1. The number of aromatic nitrogens is 3. The molecule has 0 saturated carbocycles. The number of nitrogens with zero attached hydrogens (tertiary/aromatic N) is 3. The first kappa shape index (κ1) is 24.2. The van der Waals surface area contributed by atoms with Gasteiger partial charge in [0.15, 0.2) is 0 Å². The van der Waals surface area contributed by atoms with Crippen molar-refractivity contribution >= 4 is 34.2 Å². The van der Waals surface area contributed by atoms with Gasteiger partial charge in [0.05, 0.1) is 12.8 Å². The third-order valence-electron chi connectivity index (χ3n) is 4.97. The number of carbonyl (C=O) groups excluding carboxylic acids is 2. The molecule has 4 aromatic rings. The number of thiazole rings is 1. The number of ether oxygens (including phenoxy) is 2. The van der Waals surface area contributed by atoms with Gasteiger partial charge in [0.1, 0.15) is 17.4 Å². The van der Waals surface area contributed by atoms with E-state index in [1.54, 1.807) is 32.4 Å². The predicted octanol–water partition coefficient (Wildman–Crippen LogP) is 4.54. The summed E-state index contributed by atoms with van der Waals surface area (Å²) in [4.78, 5) is 30.6. The molecule has 0 fully saturated rings. The number of alkyl carbamates (subject to hydrolysis) is 1. The lowest BCUT2D eigenvalue weighted by Crippen LogP contribution is -2.47. The lowest BCUT2D eigenvalue weighted by molar-refractivity contribution is -0.118. The molecule has 0 aliphatic rings. The second kappa shape index (κ2) is 10.1. The molecule has 0 aliphatic carbocycles. The summed E-state index contributed by atoms with van der Waals surface area (Å²) in [5, 5.41) is 11.8. The summed E-state index contributed by atoms with van der Waals surface area (Å²) in [6, 6.07) is 16.2. The molecule has 0 spiro atoms. The molecule has 182 valence electrons. The Balaban J connectivity index is 1.55. The molecule has 1 atom stereocenters. The van der Waals surface area contributed by atoms with Crippen LogP contribution in [0.2, 0.25) is 0 Å². The minimum atomic E-state index is -0.883. The van der Waals surface area contributed by atoms with Gasteiger partial charge in [-0.05, 0) is 38.5 Å². The standard InChI is InChI=1S/C25H27N5O4S/c1-25(2,3)34-24(32)26-19(13-16-9-6-5-7-10-16)21(31)27-22-28-23-30(29-22)20(15-35-23)17-11-8-12-18(14-17)33-4/h5-12,14-15,19H,13H2,1-4H3,(H,26,32)(H,27,29,31). The van der Waals surface area contributed by atoms with Gasteiger partial charge in [-0.3, -0.25) is 10.1 Å². The first-order valence-corrected chi connectivity index (χ1v) is 11.9. The molecule has 0 bridgehead atoms. The van der Waals surface area contributed by atoms with E-state index in [9.17, 15) is 9.59 Å². The quantitative estimate of drug-likeness (QED) is 0.391. The Morgan fingerprint density at radius 2 is 1.89 bits per heavy atom. The number of hydrogen-bond donors (Lipinski definition) is 2. The van der Waals surface area contributed by atoms with Crippen molar-refractivity contribution in [2.75, 3.05) is 12.4 Å². The number of anilines is 1. The molecular weight excluding hydrogens is 466 g/mol. The normalized spacial score (nSPS) is 12.2. The van der Waals surface area contributed by atoms with Gasteiger partial charge in [-0.25, -0.2) is 9.31 Å². The summed E-state index contributed by atoms with van der Waals surface area (Å²) >= 11 is 1.41. The molecule has 35 heavy (non-hydrogen) atoms. The Morgan fingerprint density at radius 1 is 1.11 bits per heavy atom. The third kappa shape index (κ3) is 6.15. The number of nitrogens with one attached hydrogen (secondary N) is 2. The fourth-order valence-electron chi connectivity index (χ4n) is 3.42. The maximum atomic E-state index is 13.2. The monoisotopic (exact) mass is 493 g/mol. The van der Waals surface area contributed by atoms with E-state index in [1.807, 2.05) is 60.0 Å². The summed E-state index contributed by atoms with van der Waals surface area (Å²) in [5.74, 6) is 0.434. The smallest absolute Gasteiger partial charge is 0.408 e.